The van der Waals surface area contributed by atoms with Crippen molar-refractivity contribution < 1.29 is 4.79 Å². The molecule has 0 bridgehead atoms. The van der Waals surface area contributed by atoms with Crippen molar-refractivity contribution >= 4 is 17.7 Å². The number of hydrogen-bond donors (Lipinski definition) is 0. The van der Waals surface area contributed by atoms with E-state index >= 15 is 0 Å². The fourth-order valence-electron chi connectivity index (χ4n) is 3.06. The van der Waals surface area contributed by atoms with Crippen LogP contribution in [0, 0.1) is 0 Å². The van der Waals surface area contributed by atoms with Crippen LogP contribution in [0.5, 0.6) is 0 Å². The molecule has 0 aliphatic carbocycles. The number of benzene rings is 2. The van der Waals surface area contributed by atoms with E-state index in [1.165, 1.54) is 10.5 Å². The number of rotatable bonds is 3. The second kappa shape index (κ2) is 7.01. The van der Waals surface area contributed by atoms with E-state index in [9.17, 15) is 4.79 Å². The molecule has 1 aliphatic heterocycles. The van der Waals surface area contributed by atoms with Crippen LogP contribution in [0.3, 0.4) is 0 Å². The van der Waals surface area contributed by atoms with Crippen LogP contribution >= 0.6 is 11.8 Å². The van der Waals surface area contributed by atoms with Crippen LogP contribution in [0.1, 0.15) is 34.7 Å². The molecule has 1 fully saturated rings. The van der Waals surface area contributed by atoms with Gasteiger partial charge in [-0.15, -0.1) is 11.8 Å². The molecule has 0 atom stereocenters. The summed E-state index contributed by atoms with van der Waals surface area (Å²) in [5.41, 5.74) is 2.20. The first kappa shape index (κ1) is 15.2. The highest BCUT2D eigenvalue weighted by atomic mass is 32.2. The summed E-state index contributed by atoms with van der Waals surface area (Å²) in [6.45, 7) is 1.70. The molecule has 0 N–H and O–H groups in total. The highest BCUT2D eigenvalue weighted by Gasteiger charge is 2.24. The molecule has 0 unspecified atom stereocenters. The van der Waals surface area contributed by atoms with Gasteiger partial charge in [0.15, 0.2) is 0 Å². The lowest BCUT2D eigenvalue weighted by atomic mass is 9.89. The molecule has 2 nitrogen and oxygen atoms in total. The Balaban J connectivity index is 1.62. The van der Waals surface area contributed by atoms with Gasteiger partial charge < -0.3 is 4.90 Å². The second-order valence-electron chi connectivity index (χ2n) is 5.71. The highest BCUT2D eigenvalue weighted by molar-refractivity contribution is 7.98. The van der Waals surface area contributed by atoms with Gasteiger partial charge in [-0.05, 0) is 54.8 Å². The molecule has 3 heteroatoms. The first-order valence-corrected chi connectivity index (χ1v) is 8.98. The van der Waals surface area contributed by atoms with E-state index in [0.29, 0.717) is 5.92 Å². The summed E-state index contributed by atoms with van der Waals surface area (Å²) in [5.74, 6) is 0.753. The summed E-state index contributed by atoms with van der Waals surface area (Å²) in [7, 11) is 0. The smallest absolute Gasteiger partial charge is 0.253 e. The predicted molar refractivity (Wildman–Crippen MR) is 92.5 cm³/mol. The minimum Gasteiger partial charge on any atom is -0.339 e. The number of nitrogens with zero attached hydrogens (tertiary/aromatic N) is 1. The van der Waals surface area contributed by atoms with E-state index in [-0.39, 0.29) is 5.91 Å². The van der Waals surface area contributed by atoms with Crippen molar-refractivity contribution in [2.24, 2.45) is 0 Å². The summed E-state index contributed by atoms with van der Waals surface area (Å²) in [4.78, 5) is 15.7. The Hall–Kier alpha value is -1.74. The van der Waals surface area contributed by atoms with E-state index in [2.05, 4.69) is 30.3 Å². The number of thioether (sulfide) groups is 1. The molecule has 1 saturated heterocycles. The zero-order valence-electron chi connectivity index (χ0n) is 12.9. The van der Waals surface area contributed by atoms with Crippen molar-refractivity contribution in [3.05, 3.63) is 65.7 Å². The minimum absolute atomic E-state index is 0.166. The van der Waals surface area contributed by atoms with E-state index in [1.54, 1.807) is 11.8 Å². The standard InChI is InChI=1S/C19H21NOS/c1-22-18-9-7-17(8-10-18)19(21)20-13-11-16(12-14-20)15-5-3-2-4-6-15/h2-10,16H,11-14H2,1H3. The van der Waals surface area contributed by atoms with Crippen LogP contribution in [0.2, 0.25) is 0 Å². The third-order valence-electron chi connectivity index (χ3n) is 4.39. The third kappa shape index (κ3) is 3.36. The van der Waals surface area contributed by atoms with Crippen LogP contribution < -0.4 is 0 Å². The number of carbonyl (C=O) groups excluding carboxylic acids is 1. The Morgan fingerprint density at radius 2 is 1.64 bits per heavy atom. The summed E-state index contributed by atoms with van der Waals surface area (Å²) in [6.07, 6.45) is 4.16. The van der Waals surface area contributed by atoms with E-state index in [1.807, 2.05) is 35.4 Å². The molecule has 2 aromatic carbocycles. The van der Waals surface area contributed by atoms with E-state index in [0.717, 1.165) is 31.5 Å². The average Bonchev–Trinajstić information content (AvgIpc) is 2.62. The van der Waals surface area contributed by atoms with Crippen LogP contribution in [-0.2, 0) is 0 Å². The van der Waals surface area contributed by atoms with Gasteiger partial charge in [0.1, 0.15) is 0 Å². The Kier molecular flexibility index (Phi) is 4.84. The molecular formula is C19H21NOS. The number of carbonyl (C=O) groups is 1. The first-order valence-electron chi connectivity index (χ1n) is 7.76. The zero-order valence-corrected chi connectivity index (χ0v) is 13.7. The van der Waals surface area contributed by atoms with E-state index in [4.69, 9.17) is 0 Å². The monoisotopic (exact) mass is 311 g/mol. The molecule has 2 aromatic rings. The molecule has 0 radical (unpaired) electrons. The van der Waals surface area contributed by atoms with Gasteiger partial charge in [-0.2, -0.15) is 0 Å². The zero-order chi connectivity index (χ0) is 15.4. The Morgan fingerprint density at radius 1 is 1.00 bits per heavy atom. The van der Waals surface area contributed by atoms with Crippen molar-refractivity contribution in [3.8, 4) is 0 Å². The molecule has 114 valence electrons. The maximum absolute atomic E-state index is 12.6. The summed E-state index contributed by atoms with van der Waals surface area (Å²) in [5, 5.41) is 0. The van der Waals surface area contributed by atoms with Crippen molar-refractivity contribution in [3.63, 3.8) is 0 Å². The molecule has 0 aromatic heterocycles. The lowest BCUT2D eigenvalue weighted by Crippen LogP contribution is -2.37. The van der Waals surface area contributed by atoms with E-state index < -0.39 is 0 Å². The molecular weight excluding hydrogens is 290 g/mol. The van der Waals surface area contributed by atoms with Crippen LogP contribution in [0.15, 0.2) is 59.5 Å². The summed E-state index contributed by atoms with van der Waals surface area (Å²) in [6, 6.07) is 18.6. The Labute approximate surface area is 136 Å². The van der Waals surface area contributed by atoms with Crippen LogP contribution in [-0.4, -0.2) is 30.2 Å². The molecule has 0 spiro atoms. The lowest BCUT2D eigenvalue weighted by molar-refractivity contribution is 0.0713. The first-order chi connectivity index (χ1) is 10.8. The van der Waals surface area contributed by atoms with Crippen molar-refractivity contribution in [2.45, 2.75) is 23.7 Å². The van der Waals surface area contributed by atoms with Crippen molar-refractivity contribution in [2.75, 3.05) is 19.3 Å². The number of piperidine rings is 1. The maximum atomic E-state index is 12.6. The summed E-state index contributed by atoms with van der Waals surface area (Å²) < 4.78 is 0. The summed E-state index contributed by atoms with van der Waals surface area (Å²) >= 11 is 1.70. The normalized spacial score (nSPS) is 15.8. The van der Waals surface area contributed by atoms with Gasteiger partial charge in [-0.25, -0.2) is 0 Å². The lowest BCUT2D eigenvalue weighted by Gasteiger charge is -2.32. The number of hydrogen-bond acceptors (Lipinski definition) is 2. The quantitative estimate of drug-likeness (QED) is 0.782. The van der Waals surface area contributed by atoms with Gasteiger partial charge >= 0.3 is 0 Å². The molecule has 1 heterocycles. The second-order valence-corrected chi connectivity index (χ2v) is 6.59. The van der Waals surface area contributed by atoms with Gasteiger partial charge in [0.05, 0.1) is 0 Å². The fraction of sp³-hybridized carbons (Fsp3) is 0.316. The molecule has 3 rings (SSSR count). The molecule has 22 heavy (non-hydrogen) atoms. The van der Waals surface area contributed by atoms with Crippen molar-refractivity contribution in [1.82, 2.24) is 4.90 Å². The fourth-order valence-corrected chi connectivity index (χ4v) is 3.47. The molecule has 0 saturated carbocycles. The molecule has 1 aliphatic rings. The third-order valence-corrected chi connectivity index (χ3v) is 5.13. The predicted octanol–water partition coefficient (Wildman–Crippen LogP) is 4.43. The van der Waals surface area contributed by atoms with Gasteiger partial charge in [-0.1, -0.05) is 30.3 Å². The van der Waals surface area contributed by atoms with Gasteiger partial charge in [0.2, 0.25) is 0 Å². The maximum Gasteiger partial charge on any atom is 0.253 e. The van der Waals surface area contributed by atoms with Crippen LogP contribution in [0.4, 0.5) is 0 Å². The topological polar surface area (TPSA) is 20.3 Å². The van der Waals surface area contributed by atoms with Gasteiger partial charge in [0.25, 0.3) is 5.91 Å². The number of amides is 1. The van der Waals surface area contributed by atoms with Gasteiger partial charge in [-0.3, -0.25) is 4.79 Å². The van der Waals surface area contributed by atoms with Gasteiger partial charge in [0, 0.05) is 23.5 Å². The highest BCUT2D eigenvalue weighted by Crippen LogP contribution is 2.28. The largest absolute Gasteiger partial charge is 0.339 e. The average molecular weight is 311 g/mol. The molecule has 1 amide bonds. The Morgan fingerprint density at radius 3 is 2.23 bits per heavy atom. The van der Waals surface area contributed by atoms with Crippen molar-refractivity contribution in [1.29, 1.82) is 0 Å². The van der Waals surface area contributed by atoms with Crippen LogP contribution in [0.25, 0.3) is 0 Å². The Bertz CT molecular complexity index is 616. The SMILES string of the molecule is CSc1ccc(C(=O)N2CCC(c3ccccc3)CC2)cc1. The minimum atomic E-state index is 0.166. The number of likely N-dealkylation sites (tertiary alicyclic amines) is 1.